The molecule has 0 amide bonds. The molecule has 1 saturated heterocycles. The van der Waals surface area contributed by atoms with E-state index < -0.39 is 0 Å². The van der Waals surface area contributed by atoms with Gasteiger partial charge in [0.15, 0.2) is 0 Å². The van der Waals surface area contributed by atoms with E-state index in [0.717, 1.165) is 24.9 Å². The lowest BCUT2D eigenvalue weighted by atomic mass is 9.88. The van der Waals surface area contributed by atoms with Crippen molar-refractivity contribution in [3.63, 3.8) is 0 Å². The summed E-state index contributed by atoms with van der Waals surface area (Å²) in [6.45, 7) is 0.982. The highest BCUT2D eigenvalue weighted by atomic mass is 35.5. The zero-order chi connectivity index (χ0) is 13.9. The normalized spacial score (nSPS) is 22.1. The van der Waals surface area contributed by atoms with Gasteiger partial charge in [-0.25, -0.2) is 4.39 Å². The van der Waals surface area contributed by atoms with Crippen molar-refractivity contribution in [3.8, 4) is 0 Å². The van der Waals surface area contributed by atoms with Crippen LogP contribution < -0.4 is 5.32 Å². The lowest BCUT2D eigenvalue weighted by Gasteiger charge is -2.21. The van der Waals surface area contributed by atoms with E-state index in [-0.39, 0.29) is 11.9 Å². The van der Waals surface area contributed by atoms with Gasteiger partial charge in [-0.3, -0.25) is 0 Å². The topological polar surface area (TPSA) is 12.0 Å². The molecule has 104 valence electrons. The van der Waals surface area contributed by atoms with E-state index in [1.54, 1.807) is 6.07 Å². The first kappa shape index (κ1) is 13.6. The average molecular weight is 290 g/mol. The molecule has 0 spiro atoms. The lowest BCUT2D eigenvalue weighted by molar-refractivity contribution is 0.460. The smallest absolute Gasteiger partial charge is 0.124 e. The van der Waals surface area contributed by atoms with Crippen LogP contribution in [0.5, 0.6) is 0 Å². The first-order valence-corrected chi connectivity index (χ1v) is 7.34. The van der Waals surface area contributed by atoms with E-state index in [0.29, 0.717) is 10.9 Å². The van der Waals surface area contributed by atoms with Crippen LogP contribution in [0, 0.1) is 11.7 Å². The van der Waals surface area contributed by atoms with Crippen molar-refractivity contribution in [1.82, 2.24) is 5.32 Å². The Morgan fingerprint density at radius 1 is 1.15 bits per heavy atom. The molecule has 3 heteroatoms. The predicted molar refractivity (Wildman–Crippen MR) is 80.4 cm³/mol. The molecule has 2 atom stereocenters. The Kier molecular flexibility index (Phi) is 4.04. The minimum absolute atomic E-state index is 0.211. The fraction of sp³-hybridized carbons (Fsp3) is 0.294. The second-order valence-electron chi connectivity index (χ2n) is 5.34. The Labute approximate surface area is 123 Å². The van der Waals surface area contributed by atoms with Crippen LogP contribution in [0.25, 0.3) is 0 Å². The van der Waals surface area contributed by atoms with E-state index in [1.165, 1.54) is 17.7 Å². The van der Waals surface area contributed by atoms with Crippen molar-refractivity contribution in [2.24, 2.45) is 5.92 Å². The maximum absolute atomic E-state index is 13.2. The quantitative estimate of drug-likeness (QED) is 0.884. The summed E-state index contributed by atoms with van der Waals surface area (Å²) in [5, 5.41) is 4.01. The third-order valence-corrected chi connectivity index (χ3v) is 4.32. The number of hydrogen-bond donors (Lipinski definition) is 1. The van der Waals surface area contributed by atoms with Crippen LogP contribution in [0.4, 0.5) is 4.39 Å². The number of benzene rings is 2. The maximum atomic E-state index is 13.2. The molecule has 0 saturated carbocycles. The van der Waals surface area contributed by atoms with Gasteiger partial charge in [0, 0.05) is 11.1 Å². The predicted octanol–water partition coefficient (Wildman–Crippen LogP) is 4.37. The zero-order valence-electron chi connectivity index (χ0n) is 11.2. The van der Waals surface area contributed by atoms with Gasteiger partial charge < -0.3 is 5.32 Å². The Morgan fingerprint density at radius 3 is 2.70 bits per heavy atom. The molecule has 1 heterocycles. The molecule has 2 unspecified atom stereocenters. The van der Waals surface area contributed by atoms with Gasteiger partial charge >= 0.3 is 0 Å². The minimum Gasteiger partial charge on any atom is -0.310 e. The van der Waals surface area contributed by atoms with Crippen LogP contribution in [0.1, 0.15) is 23.6 Å². The molecule has 0 bridgehead atoms. The van der Waals surface area contributed by atoms with E-state index >= 15 is 0 Å². The van der Waals surface area contributed by atoms with Crippen molar-refractivity contribution in [2.75, 3.05) is 6.54 Å². The van der Waals surface area contributed by atoms with Crippen molar-refractivity contribution in [2.45, 2.75) is 18.9 Å². The lowest BCUT2D eigenvalue weighted by Crippen LogP contribution is -2.19. The van der Waals surface area contributed by atoms with E-state index in [1.807, 2.05) is 6.07 Å². The van der Waals surface area contributed by atoms with Crippen LogP contribution in [0.2, 0.25) is 5.02 Å². The molecule has 0 radical (unpaired) electrons. The van der Waals surface area contributed by atoms with Gasteiger partial charge in [0.2, 0.25) is 0 Å². The Balaban J connectivity index is 1.82. The SMILES string of the molecule is Fc1ccc(C2NCCC2Cc2ccccc2)c(Cl)c1. The Bertz CT molecular complexity index is 585. The number of nitrogens with one attached hydrogen (secondary N) is 1. The molecule has 2 aromatic carbocycles. The fourth-order valence-corrected chi connectivity index (χ4v) is 3.30. The van der Waals surface area contributed by atoms with Crippen molar-refractivity contribution < 1.29 is 4.39 Å². The van der Waals surface area contributed by atoms with E-state index in [9.17, 15) is 4.39 Å². The summed E-state index contributed by atoms with van der Waals surface area (Å²) in [6, 6.07) is 15.4. The molecule has 1 N–H and O–H groups in total. The second kappa shape index (κ2) is 5.94. The molecular formula is C17H17ClFN. The molecule has 0 aromatic heterocycles. The van der Waals surface area contributed by atoms with Crippen LogP contribution in [-0.4, -0.2) is 6.54 Å². The average Bonchev–Trinajstić information content (AvgIpc) is 2.88. The summed E-state index contributed by atoms with van der Waals surface area (Å²) in [4.78, 5) is 0. The van der Waals surface area contributed by atoms with E-state index in [4.69, 9.17) is 11.6 Å². The van der Waals surface area contributed by atoms with Gasteiger partial charge in [-0.05, 0) is 48.6 Å². The van der Waals surface area contributed by atoms with Crippen LogP contribution >= 0.6 is 11.6 Å². The minimum atomic E-state index is -0.281. The van der Waals surface area contributed by atoms with Gasteiger partial charge in [-0.15, -0.1) is 0 Å². The molecular weight excluding hydrogens is 273 g/mol. The van der Waals surface area contributed by atoms with Gasteiger partial charge in [0.25, 0.3) is 0 Å². The highest BCUT2D eigenvalue weighted by molar-refractivity contribution is 6.31. The Morgan fingerprint density at radius 2 is 1.95 bits per heavy atom. The van der Waals surface area contributed by atoms with Gasteiger partial charge in [0.05, 0.1) is 0 Å². The van der Waals surface area contributed by atoms with Crippen LogP contribution in [0.15, 0.2) is 48.5 Å². The molecule has 20 heavy (non-hydrogen) atoms. The number of halogens is 2. The van der Waals surface area contributed by atoms with Gasteiger partial charge in [0.1, 0.15) is 5.82 Å². The van der Waals surface area contributed by atoms with Gasteiger partial charge in [-0.1, -0.05) is 48.0 Å². The first-order chi connectivity index (χ1) is 9.74. The second-order valence-corrected chi connectivity index (χ2v) is 5.74. The summed E-state index contributed by atoms with van der Waals surface area (Å²) in [6.07, 6.45) is 2.14. The largest absolute Gasteiger partial charge is 0.310 e. The van der Waals surface area contributed by atoms with Crippen molar-refractivity contribution >= 4 is 11.6 Å². The van der Waals surface area contributed by atoms with Crippen LogP contribution in [-0.2, 0) is 6.42 Å². The number of hydrogen-bond acceptors (Lipinski definition) is 1. The Hall–Kier alpha value is -1.38. The number of rotatable bonds is 3. The fourth-order valence-electron chi connectivity index (χ4n) is 3.01. The van der Waals surface area contributed by atoms with Gasteiger partial charge in [-0.2, -0.15) is 0 Å². The molecule has 1 fully saturated rings. The molecule has 2 aromatic rings. The third-order valence-electron chi connectivity index (χ3n) is 3.99. The zero-order valence-corrected chi connectivity index (χ0v) is 11.9. The molecule has 1 aliphatic rings. The molecule has 1 aliphatic heterocycles. The summed E-state index contributed by atoms with van der Waals surface area (Å²) < 4.78 is 13.2. The summed E-state index contributed by atoms with van der Waals surface area (Å²) in [7, 11) is 0. The highest BCUT2D eigenvalue weighted by Crippen LogP contribution is 2.35. The van der Waals surface area contributed by atoms with Crippen molar-refractivity contribution in [1.29, 1.82) is 0 Å². The maximum Gasteiger partial charge on any atom is 0.124 e. The summed E-state index contributed by atoms with van der Waals surface area (Å²) in [5.74, 6) is 0.219. The standard InChI is InChI=1S/C17H17ClFN/c18-16-11-14(19)6-7-15(16)17-13(8-9-20-17)10-12-4-2-1-3-5-12/h1-7,11,13,17,20H,8-10H2. The molecule has 0 aliphatic carbocycles. The molecule has 1 nitrogen and oxygen atoms in total. The molecule has 3 rings (SSSR count). The van der Waals surface area contributed by atoms with Crippen molar-refractivity contribution in [3.05, 3.63) is 70.5 Å². The van der Waals surface area contributed by atoms with Crippen LogP contribution in [0.3, 0.4) is 0 Å². The summed E-state index contributed by atoms with van der Waals surface area (Å²) >= 11 is 6.20. The first-order valence-electron chi connectivity index (χ1n) is 6.96. The third kappa shape index (κ3) is 2.87. The highest BCUT2D eigenvalue weighted by Gasteiger charge is 2.29. The summed E-state index contributed by atoms with van der Waals surface area (Å²) in [5.41, 5.74) is 2.34. The monoisotopic (exact) mass is 289 g/mol. The van der Waals surface area contributed by atoms with E-state index in [2.05, 4.69) is 29.6 Å².